The number of nitriles is 1. The Morgan fingerprint density at radius 3 is 1.39 bits per heavy atom. The molecule has 0 bridgehead atoms. The van der Waals surface area contributed by atoms with E-state index in [2.05, 4.69) is 41.2 Å². The van der Waals surface area contributed by atoms with Crippen molar-refractivity contribution in [2.45, 2.75) is 0 Å². The maximum Gasteiger partial charge on any atom is 0.255 e. The number of nitrogen functional groups attached to an aromatic ring is 1. The van der Waals surface area contributed by atoms with Crippen LogP contribution in [0.2, 0.25) is 0 Å². The summed E-state index contributed by atoms with van der Waals surface area (Å²) < 4.78 is 12.3. The number of aromatic nitrogens is 4. The predicted molar refractivity (Wildman–Crippen MR) is 293 cm³/mol. The van der Waals surface area contributed by atoms with Gasteiger partial charge in [0.1, 0.15) is 52.5 Å². The van der Waals surface area contributed by atoms with Gasteiger partial charge in [0.15, 0.2) is 0 Å². The number of furan rings is 2. The number of carbonyl (C=O) groups is 2. The van der Waals surface area contributed by atoms with Crippen molar-refractivity contribution >= 4 is 95.9 Å². The van der Waals surface area contributed by atoms with Gasteiger partial charge in [0.05, 0.1) is 23.0 Å². The molecule has 0 radical (unpaired) electrons. The van der Waals surface area contributed by atoms with Crippen LogP contribution in [0, 0.1) is 16.7 Å². The van der Waals surface area contributed by atoms with Crippen LogP contribution < -0.4 is 27.0 Å². The quantitative estimate of drug-likeness (QED) is 0.0525. The molecule has 4 aromatic heterocycles. The molecular weight excluding hydrogens is 939 g/mol. The molecule has 2 amide bonds. The summed E-state index contributed by atoms with van der Waals surface area (Å²) in [4.78, 5) is 42.8. The first kappa shape index (κ1) is 46.4. The summed E-state index contributed by atoms with van der Waals surface area (Å²) in [6, 6.07) is 61.6. The van der Waals surface area contributed by atoms with Gasteiger partial charge in [0.25, 0.3) is 11.8 Å². The maximum atomic E-state index is 12.6. The highest BCUT2D eigenvalue weighted by molar-refractivity contribution is 6.11. The van der Waals surface area contributed by atoms with Gasteiger partial charge in [-0.15, -0.1) is 0 Å². The van der Waals surface area contributed by atoms with Gasteiger partial charge in [0.2, 0.25) is 0 Å². The maximum absolute atomic E-state index is 12.6. The van der Waals surface area contributed by atoms with E-state index in [-0.39, 0.29) is 17.6 Å². The summed E-state index contributed by atoms with van der Waals surface area (Å²) in [6.45, 7) is 0. The first-order valence-corrected chi connectivity index (χ1v) is 23.5. The molecular formula is C60H41N11O4. The fourth-order valence-electron chi connectivity index (χ4n) is 8.58. The van der Waals surface area contributed by atoms with Crippen LogP contribution in [-0.4, -0.2) is 37.6 Å². The summed E-state index contributed by atoms with van der Waals surface area (Å²) in [5, 5.41) is 33.1. The number of nitrogens with zero attached hydrogens (tertiary/aromatic N) is 5. The molecule has 0 spiro atoms. The zero-order valence-electron chi connectivity index (χ0n) is 39.6. The number of benzene rings is 8. The van der Waals surface area contributed by atoms with Crippen LogP contribution in [0.5, 0.6) is 0 Å². The average Bonchev–Trinajstić information content (AvgIpc) is 4.03. The van der Waals surface area contributed by atoms with E-state index in [0.717, 1.165) is 77.8 Å². The van der Waals surface area contributed by atoms with Crippen molar-refractivity contribution < 1.29 is 18.4 Å². The Hall–Kier alpha value is -11.0. The van der Waals surface area contributed by atoms with E-state index in [9.17, 15) is 9.59 Å². The second-order valence-corrected chi connectivity index (χ2v) is 17.1. The third-order valence-corrected chi connectivity index (χ3v) is 12.2. The number of amides is 2. The van der Waals surface area contributed by atoms with Crippen molar-refractivity contribution in [3.05, 3.63) is 229 Å². The fourth-order valence-corrected chi connectivity index (χ4v) is 8.58. The largest absolute Gasteiger partial charge is 0.455 e. The molecule has 0 atom stereocenters. The first-order chi connectivity index (χ1) is 36.7. The smallest absolute Gasteiger partial charge is 0.255 e. The van der Waals surface area contributed by atoms with Crippen LogP contribution in [0.25, 0.3) is 66.4 Å². The summed E-state index contributed by atoms with van der Waals surface area (Å²) in [7, 11) is 0. The minimum atomic E-state index is -0.283. The Balaban J connectivity index is 0.000000161. The normalized spacial score (nSPS) is 10.9. The van der Waals surface area contributed by atoms with Gasteiger partial charge in [-0.3, -0.25) is 15.0 Å². The molecule has 7 N–H and O–H groups in total. The summed E-state index contributed by atoms with van der Waals surface area (Å²) in [5.74, 6) is 0.605. The van der Waals surface area contributed by atoms with E-state index in [4.69, 9.17) is 25.2 Å². The monoisotopic (exact) mass is 979 g/mol. The Kier molecular flexibility index (Phi) is 12.6. The molecule has 360 valence electrons. The van der Waals surface area contributed by atoms with Gasteiger partial charge in [-0.2, -0.15) is 5.26 Å². The van der Waals surface area contributed by atoms with Crippen molar-refractivity contribution in [3.63, 3.8) is 0 Å². The number of hydrogen-bond acceptors (Lipinski definition) is 12. The van der Waals surface area contributed by atoms with Gasteiger partial charge in [0, 0.05) is 84.2 Å². The minimum absolute atomic E-state index is 0.0859. The van der Waals surface area contributed by atoms with Crippen LogP contribution in [0.4, 0.5) is 34.4 Å². The standard InChI is InChI=1S/C30H22N6O2.C30H19N5O2/c31-29(32)18-5-3-6-19(15-18)30(37)36-21-13-11-20(12-14-21)35-27-16-25(33-17-34-27)24-9-4-8-23-22-7-1-2-10-26(22)38-28(23)24;31-17-19-5-3-6-20(15-19)30(36)35-22-13-11-21(12-14-22)34-28-16-26(32-18-33-28)25-9-4-8-24-23-7-1-2-10-27(23)37-29(24)25/h1-17H,(H3,31,32)(H,36,37)(H,33,34,35);1-16,18H,(H,35,36)(H,32,33,34). The van der Waals surface area contributed by atoms with Gasteiger partial charge in [-0.25, -0.2) is 19.9 Å². The molecule has 15 nitrogen and oxygen atoms in total. The third kappa shape index (κ3) is 10.0. The predicted octanol–water partition coefficient (Wildman–Crippen LogP) is 13.2. The number of amidine groups is 1. The molecule has 0 aliphatic heterocycles. The van der Waals surface area contributed by atoms with E-state index in [1.165, 1.54) is 12.7 Å². The van der Waals surface area contributed by atoms with Crippen LogP contribution in [0.1, 0.15) is 31.8 Å². The molecule has 0 aliphatic carbocycles. The number of anilines is 6. The number of nitrogens with two attached hydrogens (primary N) is 1. The molecule has 12 aromatic rings. The summed E-state index contributed by atoms with van der Waals surface area (Å²) >= 11 is 0. The second-order valence-electron chi connectivity index (χ2n) is 17.1. The lowest BCUT2D eigenvalue weighted by atomic mass is 10.1. The second kappa shape index (κ2) is 20.4. The molecule has 0 fully saturated rings. The number of nitrogens with one attached hydrogen (secondary N) is 5. The lowest BCUT2D eigenvalue weighted by molar-refractivity contribution is 0.101. The minimum Gasteiger partial charge on any atom is -0.455 e. The number of hydrogen-bond donors (Lipinski definition) is 6. The zero-order chi connectivity index (χ0) is 51.3. The molecule has 8 aromatic carbocycles. The van der Waals surface area contributed by atoms with Gasteiger partial charge < -0.3 is 35.8 Å². The first-order valence-electron chi connectivity index (χ1n) is 23.5. The summed E-state index contributed by atoms with van der Waals surface area (Å²) in [5.41, 5.74) is 16.7. The zero-order valence-corrected chi connectivity index (χ0v) is 39.6. The average molecular weight is 980 g/mol. The summed E-state index contributed by atoms with van der Waals surface area (Å²) in [6.07, 6.45) is 3.03. The van der Waals surface area contributed by atoms with Crippen molar-refractivity contribution in [2.24, 2.45) is 5.73 Å². The SMILES string of the molecule is N#Cc1cccc(C(=O)Nc2ccc(Nc3cc(-c4cccc5c4oc4ccccc45)ncn3)cc2)c1.N=C(N)c1cccc(C(=O)Nc2ccc(Nc3cc(-c4cccc5c4oc4ccccc45)ncn3)cc2)c1. The van der Waals surface area contributed by atoms with Crippen molar-refractivity contribution in [1.82, 2.24) is 19.9 Å². The van der Waals surface area contributed by atoms with E-state index in [1.54, 1.807) is 72.8 Å². The third-order valence-electron chi connectivity index (χ3n) is 12.2. The van der Waals surface area contributed by atoms with Crippen LogP contribution in [0.15, 0.2) is 216 Å². The van der Waals surface area contributed by atoms with E-state index in [0.29, 0.717) is 45.3 Å². The van der Waals surface area contributed by atoms with Crippen molar-refractivity contribution in [2.75, 3.05) is 21.3 Å². The van der Waals surface area contributed by atoms with Crippen molar-refractivity contribution in [1.29, 1.82) is 10.7 Å². The number of rotatable bonds is 11. The van der Waals surface area contributed by atoms with E-state index in [1.807, 2.05) is 127 Å². The Labute approximate surface area is 427 Å². The van der Waals surface area contributed by atoms with Crippen molar-refractivity contribution in [3.8, 4) is 28.6 Å². The molecule has 0 saturated heterocycles. The highest BCUT2D eigenvalue weighted by Gasteiger charge is 2.16. The Morgan fingerprint density at radius 2 is 0.893 bits per heavy atom. The molecule has 4 heterocycles. The topological polar surface area (TPSA) is 234 Å². The van der Waals surface area contributed by atoms with Crippen LogP contribution >= 0.6 is 0 Å². The highest BCUT2D eigenvalue weighted by Crippen LogP contribution is 2.37. The number of fused-ring (bicyclic) bond motifs is 6. The Bertz CT molecular complexity index is 4180. The van der Waals surface area contributed by atoms with E-state index < -0.39 is 0 Å². The molecule has 0 unspecified atom stereocenters. The van der Waals surface area contributed by atoms with E-state index >= 15 is 0 Å². The highest BCUT2D eigenvalue weighted by atomic mass is 16.3. The number of para-hydroxylation sites is 4. The lowest BCUT2D eigenvalue weighted by Crippen LogP contribution is -2.15. The molecule has 0 saturated carbocycles. The van der Waals surface area contributed by atoms with Gasteiger partial charge in [-0.05, 0) is 103 Å². The molecule has 12 rings (SSSR count). The fraction of sp³-hybridized carbons (Fsp3) is 0. The van der Waals surface area contributed by atoms with Crippen LogP contribution in [0.3, 0.4) is 0 Å². The molecule has 15 heteroatoms. The van der Waals surface area contributed by atoms with Gasteiger partial charge >= 0.3 is 0 Å². The lowest BCUT2D eigenvalue weighted by Gasteiger charge is -2.10. The molecule has 75 heavy (non-hydrogen) atoms. The number of carbonyl (C=O) groups excluding carboxylic acids is 2. The Morgan fingerprint density at radius 1 is 0.467 bits per heavy atom. The molecule has 0 aliphatic rings. The van der Waals surface area contributed by atoms with Crippen LogP contribution in [-0.2, 0) is 0 Å². The van der Waals surface area contributed by atoms with Gasteiger partial charge in [-0.1, -0.05) is 78.9 Å².